The first kappa shape index (κ1) is 19.6. The Labute approximate surface area is 156 Å². The minimum atomic E-state index is 0.905. The molecule has 0 bridgehead atoms. The molecule has 0 unspecified atom stereocenters. The molecule has 4 heteroatoms. The fourth-order valence-corrected chi connectivity index (χ4v) is 4.88. The normalized spacial score (nSPS) is 31.4. The highest BCUT2D eigenvalue weighted by Crippen LogP contribution is 2.27. The molecular weight excluding hydrogens is 308 g/mol. The van der Waals surface area contributed by atoms with E-state index >= 15 is 0 Å². The van der Waals surface area contributed by atoms with Gasteiger partial charge in [-0.25, -0.2) is 0 Å². The molecule has 0 radical (unpaired) electrons. The lowest BCUT2D eigenvalue weighted by molar-refractivity contribution is 0.0711. The molecule has 0 aromatic rings. The number of likely N-dealkylation sites (N-methyl/N-ethyl adjacent to an activating group) is 1. The minimum absolute atomic E-state index is 0.905. The molecule has 146 valence electrons. The number of rotatable bonds is 7. The summed E-state index contributed by atoms with van der Waals surface area (Å²) in [7, 11) is 2.24. The molecule has 3 rings (SSSR count). The van der Waals surface area contributed by atoms with E-state index < -0.39 is 0 Å². The van der Waals surface area contributed by atoms with Crippen LogP contribution in [0.5, 0.6) is 0 Å². The molecule has 0 aromatic heterocycles. The molecule has 2 heterocycles. The molecule has 3 aliphatic rings. The van der Waals surface area contributed by atoms with Crippen LogP contribution >= 0.6 is 0 Å². The Morgan fingerprint density at radius 3 is 1.72 bits per heavy atom. The SMILES string of the molecule is CC1CCC(N2CCN(CCCCCN3CCN(C)CC3)CC2)CC1. The van der Waals surface area contributed by atoms with Crippen LogP contribution in [0.1, 0.15) is 51.9 Å². The van der Waals surface area contributed by atoms with Gasteiger partial charge in [0, 0.05) is 58.4 Å². The zero-order valence-corrected chi connectivity index (χ0v) is 17.0. The van der Waals surface area contributed by atoms with Crippen molar-refractivity contribution < 1.29 is 0 Å². The Hall–Kier alpha value is -0.160. The monoisotopic (exact) mass is 350 g/mol. The van der Waals surface area contributed by atoms with Crippen molar-refractivity contribution in [1.29, 1.82) is 0 Å². The second-order valence-corrected chi connectivity index (χ2v) is 9.00. The molecule has 2 saturated heterocycles. The smallest absolute Gasteiger partial charge is 0.0113 e. The Kier molecular flexibility index (Phi) is 8.03. The third kappa shape index (κ3) is 6.50. The number of nitrogens with zero attached hydrogens (tertiary/aromatic N) is 4. The van der Waals surface area contributed by atoms with Crippen molar-refractivity contribution in [1.82, 2.24) is 19.6 Å². The lowest BCUT2D eigenvalue weighted by Gasteiger charge is -2.41. The van der Waals surface area contributed by atoms with Crippen molar-refractivity contribution in [3.63, 3.8) is 0 Å². The van der Waals surface area contributed by atoms with E-state index in [1.165, 1.54) is 110 Å². The van der Waals surface area contributed by atoms with Gasteiger partial charge in [-0.15, -0.1) is 0 Å². The Bertz CT molecular complexity index is 351. The van der Waals surface area contributed by atoms with Crippen LogP contribution in [0.15, 0.2) is 0 Å². The standard InChI is InChI=1S/C21H42N4/c1-20-6-8-21(9-7-20)25-18-16-24(17-19-25)11-5-3-4-10-23-14-12-22(2)13-15-23/h20-21H,3-19H2,1-2H3. The zero-order chi connectivity index (χ0) is 17.5. The van der Waals surface area contributed by atoms with Crippen LogP contribution < -0.4 is 0 Å². The fraction of sp³-hybridized carbons (Fsp3) is 1.00. The van der Waals surface area contributed by atoms with Crippen molar-refractivity contribution in [2.75, 3.05) is 72.5 Å². The lowest BCUT2D eigenvalue weighted by atomic mass is 9.86. The van der Waals surface area contributed by atoms with Crippen LogP contribution in [-0.4, -0.2) is 98.1 Å². The largest absolute Gasteiger partial charge is 0.304 e. The Morgan fingerprint density at radius 2 is 1.16 bits per heavy atom. The molecular formula is C21H42N4. The van der Waals surface area contributed by atoms with Crippen LogP contribution in [0.25, 0.3) is 0 Å². The molecule has 0 N–H and O–H groups in total. The Balaban J connectivity index is 1.20. The van der Waals surface area contributed by atoms with E-state index in [2.05, 4.69) is 33.6 Å². The van der Waals surface area contributed by atoms with E-state index in [0.717, 1.165) is 12.0 Å². The average molecular weight is 351 g/mol. The molecule has 2 aliphatic heterocycles. The van der Waals surface area contributed by atoms with Gasteiger partial charge in [-0.05, 0) is 64.6 Å². The van der Waals surface area contributed by atoms with E-state index in [4.69, 9.17) is 0 Å². The summed E-state index contributed by atoms with van der Waals surface area (Å²) in [4.78, 5) is 10.6. The van der Waals surface area contributed by atoms with Crippen molar-refractivity contribution in [2.24, 2.45) is 5.92 Å². The fourth-order valence-electron chi connectivity index (χ4n) is 4.88. The van der Waals surface area contributed by atoms with Crippen molar-refractivity contribution >= 4 is 0 Å². The van der Waals surface area contributed by atoms with Gasteiger partial charge in [0.05, 0.1) is 0 Å². The van der Waals surface area contributed by atoms with Crippen LogP contribution in [0.3, 0.4) is 0 Å². The van der Waals surface area contributed by atoms with Gasteiger partial charge in [-0.2, -0.15) is 0 Å². The third-order valence-corrected chi connectivity index (χ3v) is 6.95. The molecule has 3 fully saturated rings. The summed E-state index contributed by atoms with van der Waals surface area (Å²) < 4.78 is 0. The van der Waals surface area contributed by atoms with Crippen molar-refractivity contribution in [3.05, 3.63) is 0 Å². The first-order chi connectivity index (χ1) is 12.2. The summed E-state index contributed by atoms with van der Waals surface area (Å²) >= 11 is 0. The number of hydrogen-bond acceptors (Lipinski definition) is 4. The van der Waals surface area contributed by atoms with Crippen LogP contribution in [0.2, 0.25) is 0 Å². The zero-order valence-electron chi connectivity index (χ0n) is 17.0. The highest BCUT2D eigenvalue weighted by molar-refractivity contribution is 4.82. The quantitative estimate of drug-likeness (QED) is 0.654. The first-order valence-corrected chi connectivity index (χ1v) is 11.1. The van der Waals surface area contributed by atoms with E-state index in [0.29, 0.717) is 0 Å². The maximum absolute atomic E-state index is 2.80. The topological polar surface area (TPSA) is 13.0 Å². The van der Waals surface area contributed by atoms with E-state index in [-0.39, 0.29) is 0 Å². The van der Waals surface area contributed by atoms with Crippen molar-refractivity contribution in [2.45, 2.75) is 57.9 Å². The molecule has 4 nitrogen and oxygen atoms in total. The van der Waals surface area contributed by atoms with Gasteiger partial charge in [-0.1, -0.05) is 13.3 Å². The average Bonchev–Trinajstić information content (AvgIpc) is 2.64. The lowest BCUT2D eigenvalue weighted by Crippen LogP contribution is -2.51. The van der Waals surface area contributed by atoms with Gasteiger partial charge in [0.2, 0.25) is 0 Å². The molecule has 1 saturated carbocycles. The highest BCUT2D eigenvalue weighted by atomic mass is 15.3. The third-order valence-electron chi connectivity index (χ3n) is 6.95. The maximum atomic E-state index is 2.80. The second-order valence-electron chi connectivity index (χ2n) is 9.00. The summed E-state index contributed by atoms with van der Waals surface area (Å²) in [6, 6.07) is 0.905. The van der Waals surface area contributed by atoms with E-state index in [1.54, 1.807) is 0 Å². The van der Waals surface area contributed by atoms with Gasteiger partial charge in [0.25, 0.3) is 0 Å². The van der Waals surface area contributed by atoms with E-state index in [1.807, 2.05) is 0 Å². The van der Waals surface area contributed by atoms with Crippen molar-refractivity contribution in [3.8, 4) is 0 Å². The van der Waals surface area contributed by atoms with E-state index in [9.17, 15) is 0 Å². The Morgan fingerprint density at radius 1 is 0.640 bits per heavy atom. The second kappa shape index (κ2) is 10.2. The highest BCUT2D eigenvalue weighted by Gasteiger charge is 2.26. The predicted molar refractivity (Wildman–Crippen MR) is 107 cm³/mol. The van der Waals surface area contributed by atoms with Crippen LogP contribution in [-0.2, 0) is 0 Å². The first-order valence-electron chi connectivity index (χ1n) is 11.1. The molecule has 0 amide bonds. The summed E-state index contributed by atoms with van der Waals surface area (Å²) in [5, 5.41) is 0. The molecule has 0 atom stereocenters. The van der Waals surface area contributed by atoms with Crippen LogP contribution in [0, 0.1) is 5.92 Å². The van der Waals surface area contributed by atoms with Gasteiger partial charge in [0.1, 0.15) is 0 Å². The number of unbranched alkanes of at least 4 members (excludes halogenated alkanes) is 2. The molecule has 25 heavy (non-hydrogen) atoms. The van der Waals surface area contributed by atoms with Gasteiger partial charge < -0.3 is 14.7 Å². The summed E-state index contributed by atoms with van der Waals surface area (Å²) in [5.41, 5.74) is 0. The van der Waals surface area contributed by atoms with Gasteiger partial charge in [-0.3, -0.25) is 4.90 Å². The molecule has 1 aliphatic carbocycles. The van der Waals surface area contributed by atoms with Crippen LogP contribution in [0.4, 0.5) is 0 Å². The summed E-state index contributed by atoms with van der Waals surface area (Å²) in [6.45, 7) is 15.4. The minimum Gasteiger partial charge on any atom is -0.304 e. The molecule has 0 spiro atoms. The predicted octanol–water partition coefficient (Wildman–Crippen LogP) is 2.60. The number of piperazine rings is 2. The number of hydrogen-bond donors (Lipinski definition) is 0. The van der Waals surface area contributed by atoms with Gasteiger partial charge in [0.15, 0.2) is 0 Å². The molecule has 0 aromatic carbocycles. The van der Waals surface area contributed by atoms with Gasteiger partial charge >= 0.3 is 0 Å². The maximum Gasteiger partial charge on any atom is 0.0113 e. The summed E-state index contributed by atoms with van der Waals surface area (Å²) in [6.07, 6.45) is 10.0. The summed E-state index contributed by atoms with van der Waals surface area (Å²) in [5.74, 6) is 0.975.